The van der Waals surface area contributed by atoms with E-state index < -0.39 is 5.54 Å². The number of nitrogens with two attached hydrogens (primary N) is 1. The van der Waals surface area contributed by atoms with E-state index in [1.54, 1.807) is 0 Å². The molecule has 0 aromatic rings. The van der Waals surface area contributed by atoms with Crippen LogP contribution >= 0.6 is 0 Å². The van der Waals surface area contributed by atoms with Crippen LogP contribution in [0.15, 0.2) is 0 Å². The van der Waals surface area contributed by atoms with Crippen LogP contribution in [0.2, 0.25) is 0 Å². The van der Waals surface area contributed by atoms with Gasteiger partial charge in [-0.3, -0.25) is 4.79 Å². The first-order chi connectivity index (χ1) is 7.91. The van der Waals surface area contributed by atoms with E-state index in [0.29, 0.717) is 12.0 Å². The number of carbonyl (C=O) groups excluding carboxylic acids is 1. The Labute approximate surface area is 105 Å². The van der Waals surface area contributed by atoms with Gasteiger partial charge in [-0.15, -0.1) is 0 Å². The molecule has 3 atom stereocenters. The summed E-state index contributed by atoms with van der Waals surface area (Å²) in [6.45, 7) is 6.90. The molecule has 2 N–H and O–H groups in total. The first-order valence-electron chi connectivity index (χ1n) is 7.01. The fraction of sp³-hybridized carbons (Fsp3) is 0.929. The lowest BCUT2D eigenvalue weighted by Gasteiger charge is -2.48. The van der Waals surface area contributed by atoms with E-state index in [9.17, 15) is 4.79 Å². The summed E-state index contributed by atoms with van der Waals surface area (Å²) in [5.74, 6) is 1.62. The maximum absolute atomic E-state index is 12.4. The number of carbonyl (C=O) groups is 1. The number of hydrogen-bond donors (Lipinski definition) is 1. The molecule has 1 saturated heterocycles. The highest BCUT2D eigenvalue weighted by atomic mass is 16.2. The van der Waals surface area contributed by atoms with Crippen molar-refractivity contribution in [1.82, 2.24) is 4.90 Å². The Morgan fingerprint density at radius 1 is 1.24 bits per heavy atom. The number of likely N-dealkylation sites (tertiary alicyclic amines) is 1. The van der Waals surface area contributed by atoms with Crippen LogP contribution in [0.3, 0.4) is 0 Å². The van der Waals surface area contributed by atoms with Crippen LogP contribution < -0.4 is 5.73 Å². The third-order valence-electron chi connectivity index (χ3n) is 4.55. The molecule has 2 rings (SSSR count). The summed E-state index contributed by atoms with van der Waals surface area (Å²) in [4.78, 5) is 14.5. The van der Waals surface area contributed by atoms with E-state index in [-0.39, 0.29) is 5.91 Å². The van der Waals surface area contributed by atoms with Gasteiger partial charge >= 0.3 is 0 Å². The number of hydrogen-bond acceptors (Lipinski definition) is 2. The van der Waals surface area contributed by atoms with Gasteiger partial charge in [-0.2, -0.15) is 0 Å². The minimum Gasteiger partial charge on any atom is -0.338 e. The van der Waals surface area contributed by atoms with Crippen LogP contribution in [0.1, 0.15) is 52.9 Å². The van der Waals surface area contributed by atoms with Crippen molar-refractivity contribution in [2.75, 3.05) is 6.54 Å². The molecule has 0 bridgehead atoms. The van der Waals surface area contributed by atoms with Gasteiger partial charge in [-0.25, -0.2) is 0 Å². The summed E-state index contributed by atoms with van der Waals surface area (Å²) in [7, 11) is 0. The number of nitrogens with zero attached hydrogens (tertiary/aromatic N) is 1. The highest BCUT2D eigenvalue weighted by Crippen LogP contribution is 2.39. The molecule has 1 heterocycles. The zero-order valence-electron chi connectivity index (χ0n) is 11.4. The predicted molar refractivity (Wildman–Crippen MR) is 69.5 cm³/mol. The SMILES string of the molecule is CC1CCN(C(=O)C(C)(C)N)C2CCCCC12. The lowest BCUT2D eigenvalue weighted by Crippen LogP contribution is -2.59. The molecule has 1 saturated carbocycles. The molecule has 3 heteroatoms. The van der Waals surface area contributed by atoms with Crippen molar-refractivity contribution in [2.45, 2.75) is 64.5 Å². The number of rotatable bonds is 1. The van der Waals surface area contributed by atoms with E-state index in [1.807, 2.05) is 13.8 Å². The smallest absolute Gasteiger partial charge is 0.242 e. The van der Waals surface area contributed by atoms with Gasteiger partial charge in [0.25, 0.3) is 0 Å². The fourth-order valence-corrected chi connectivity index (χ4v) is 3.54. The Bertz CT molecular complexity index is 295. The van der Waals surface area contributed by atoms with Gasteiger partial charge in [0.2, 0.25) is 5.91 Å². The molecule has 98 valence electrons. The van der Waals surface area contributed by atoms with Crippen LogP contribution in [0.5, 0.6) is 0 Å². The molecule has 3 nitrogen and oxygen atoms in total. The molecule has 2 fully saturated rings. The summed E-state index contributed by atoms with van der Waals surface area (Å²) in [5, 5.41) is 0. The first kappa shape index (κ1) is 12.9. The normalized spacial score (nSPS) is 34.4. The molecule has 17 heavy (non-hydrogen) atoms. The van der Waals surface area contributed by atoms with Crippen LogP contribution in [-0.4, -0.2) is 28.9 Å². The van der Waals surface area contributed by atoms with Crippen molar-refractivity contribution in [2.24, 2.45) is 17.6 Å². The number of amides is 1. The van der Waals surface area contributed by atoms with Gasteiger partial charge in [-0.1, -0.05) is 19.8 Å². The second kappa shape index (κ2) is 4.60. The third-order valence-corrected chi connectivity index (χ3v) is 4.55. The molecule has 0 aromatic carbocycles. The second-order valence-electron chi connectivity index (χ2n) is 6.50. The standard InChI is InChI=1S/C14H26N2O/c1-10-8-9-16(13(17)14(2,3)15)12-7-5-4-6-11(10)12/h10-12H,4-9,15H2,1-3H3. The van der Waals surface area contributed by atoms with Gasteiger partial charge < -0.3 is 10.6 Å². The minimum absolute atomic E-state index is 0.140. The molecule has 1 aliphatic carbocycles. The molecule has 0 radical (unpaired) electrons. The average Bonchev–Trinajstić information content (AvgIpc) is 2.28. The van der Waals surface area contributed by atoms with E-state index >= 15 is 0 Å². The van der Waals surface area contributed by atoms with Gasteiger partial charge in [-0.05, 0) is 44.9 Å². The molecule has 3 unspecified atom stereocenters. The molecule has 0 spiro atoms. The van der Waals surface area contributed by atoms with Gasteiger partial charge in [0.1, 0.15) is 0 Å². The molecule has 2 aliphatic rings. The van der Waals surface area contributed by atoms with Crippen LogP contribution in [-0.2, 0) is 4.79 Å². The van der Waals surface area contributed by atoms with Crippen molar-refractivity contribution in [1.29, 1.82) is 0 Å². The van der Waals surface area contributed by atoms with E-state index in [2.05, 4.69) is 11.8 Å². The number of fused-ring (bicyclic) bond motifs is 1. The van der Waals surface area contributed by atoms with Crippen LogP contribution in [0.25, 0.3) is 0 Å². The van der Waals surface area contributed by atoms with Crippen LogP contribution in [0, 0.1) is 11.8 Å². The molecule has 1 aliphatic heterocycles. The van der Waals surface area contributed by atoms with Crippen molar-refractivity contribution in [3.05, 3.63) is 0 Å². The van der Waals surface area contributed by atoms with Crippen molar-refractivity contribution in [3.8, 4) is 0 Å². The summed E-state index contributed by atoms with van der Waals surface area (Å²) in [5.41, 5.74) is 5.26. The molecule has 0 aromatic heterocycles. The Morgan fingerprint density at radius 3 is 2.53 bits per heavy atom. The maximum Gasteiger partial charge on any atom is 0.242 e. The average molecular weight is 238 g/mol. The maximum atomic E-state index is 12.4. The summed E-state index contributed by atoms with van der Waals surface area (Å²) < 4.78 is 0. The quantitative estimate of drug-likeness (QED) is 0.761. The monoisotopic (exact) mass is 238 g/mol. The molecular weight excluding hydrogens is 212 g/mol. The van der Waals surface area contributed by atoms with Crippen molar-refractivity contribution < 1.29 is 4.79 Å². The van der Waals surface area contributed by atoms with Crippen molar-refractivity contribution >= 4 is 5.91 Å². The van der Waals surface area contributed by atoms with Gasteiger partial charge in [0.15, 0.2) is 0 Å². The Hall–Kier alpha value is -0.570. The predicted octanol–water partition coefficient (Wildman–Crippen LogP) is 2.15. The van der Waals surface area contributed by atoms with Crippen molar-refractivity contribution in [3.63, 3.8) is 0 Å². The Morgan fingerprint density at radius 2 is 1.88 bits per heavy atom. The summed E-state index contributed by atoms with van der Waals surface area (Å²) >= 11 is 0. The lowest BCUT2D eigenvalue weighted by molar-refractivity contribution is -0.143. The van der Waals surface area contributed by atoms with E-state index in [0.717, 1.165) is 18.9 Å². The molecular formula is C14H26N2O. The lowest BCUT2D eigenvalue weighted by atomic mass is 9.72. The molecule has 1 amide bonds. The van der Waals surface area contributed by atoms with E-state index in [1.165, 1.54) is 25.7 Å². The van der Waals surface area contributed by atoms with Gasteiger partial charge in [0, 0.05) is 12.6 Å². The topological polar surface area (TPSA) is 46.3 Å². The largest absolute Gasteiger partial charge is 0.338 e. The first-order valence-corrected chi connectivity index (χ1v) is 7.01. The zero-order valence-corrected chi connectivity index (χ0v) is 11.4. The Kier molecular flexibility index (Phi) is 3.48. The fourth-order valence-electron chi connectivity index (χ4n) is 3.54. The number of piperidine rings is 1. The highest BCUT2D eigenvalue weighted by Gasteiger charge is 2.42. The highest BCUT2D eigenvalue weighted by molar-refractivity contribution is 5.85. The Balaban J connectivity index is 2.15. The summed E-state index contributed by atoms with van der Waals surface area (Å²) in [6.07, 6.45) is 6.21. The third kappa shape index (κ3) is 2.49. The zero-order chi connectivity index (χ0) is 12.6. The summed E-state index contributed by atoms with van der Waals surface area (Å²) in [6, 6.07) is 0.461. The second-order valence-corrected chi connectivity index (χ2v) is 6.50. The van der Waals surface area contributed by atoms with Gasteiger partial charge in [0.05, 0.1) is 5.54 Å². The van der Waals surface area contributed by atoms with E-state index in [4.69, 9.17) is 5.73 Å². The van der Waals surface area contributed by atoms with Crippen LogP contribution in [0.4, 0.5) is 0 Å². The minimum atomic E-state index is -0.720.